The molecule has 0 saturated carbocycles. The fourth-order valence-corrected chi connectivity index (χ4v) is 5.78. The second kappa shape index (κ2) is 11.4. The Labute approximate surface area is 220 Å². The van der Waals surface area contributed by atoms with Crippen LogP contribution in [0.3, 0.4) is 0 Å². The molecule has 2 heterocycles. The molecule has 1 fully saturated rings. The molecule has 0 atom stereocenters. The Morgan fingerprint density at radius 3 is 2.49 bits per heavy atom. The molecule has 1 aromatic rings. The van der Waals surface area contributed by atoms with Gasteiger partial charge < -0.3 is 20.2 Å². The van der Waals surface area contributed by atoms with Crippen LogP contribution in [-0.4, -0.2) is 37.3 Å². The van der Waals surface area contributed by atoms with Gasteiger partial charge in [-0.15, -0.1) is 4.99 Å². The van der Waals surface area contributed by atoms with E-state index in [0.717, 1.165) is 61.8 Å². The lowest BCUT2D eigenvalue weighted by molar-refractivity contribution is -0.119. The molecule has 2 aliphatic heterocycles. The van der Waals surface area contributed by atoms with Gasteiger partial charge in [0.2, 0.25) is 5.91 Å². The minimum atomic E-state index is -0.268. The molecule has 1 saturated heterocycles. The third-order valence-corrected chi connectivity index (χ3v) is 8.66. The van der Waals surface area contributed by atoms with Crippen LogP contribution in [0, 0.1) is 12.0 Å². The molecule has 7 heteroatoms. The van der Waals surface area contributed by atoms with Crippen LogP contribution >= 0.6 is 0 Å². The molecule has 1 aliphatic carbocycles. The molecule has 3 aliphatic rings. The molecular formula is C30H38N4O3. The van der Waals surface area contributed by atoms with Gasteiger partial charge in [-0.1, -0.05) is 51.5 Å². The van der Waals surface area contributed by atoms with Crippen LogP contribution in [-0.2, 0) is 19.7 Å². The van der Waals surface area contributed by atoms with Gasteiger partial charge >= 0.3 is 0 Å². The summed E-state index contributed by atoms with van der Waals surface area (Å²) in [4.78, 5) is 32.4. The zero-order valence-corrected chi connectivity index (χ0v) is 22.3. The molecule has 4 rings (SSSR count). The Morgan fingerprint density at radius 1 is 1.14 bits per heavy atom. The van der Waals surface area contributed by atoms with Crippen molar-refractivity contribution in [2.45, 2.75) is 77.6 Å². The number of amides is 2. The highest BCUT2D eigenvalue weighted by Gasteiger charge is 2.36. The lowest BCUT2D eigenvalue weighted by Crippen LogP contribution is -2.44. The average Bonchev–Trinajstić information content (AvgIpc) is 3.42. The number of benzene rings is 1. The summed E-state index contributed by atoms with van der Waals surface area (Å²) >= 11 is 0. The van der Waals surface area contributed by atoms with Gasteiger partial charge in [0.1, 0.15) is 0 Å². The first-order valence-corrected chi connectivity index (χ1v) is 13.5. The Morgan fingerprint density at radius 2 is 1.89 bits per heavy atom. The number of anilines is 1. The van der Waals surface area contributed by atoms with Crippen LogP contribution in [0.4, 0.5) is 5.69 Å². The van der Waals surface area contributed by atoms with Crippen LogP contribution < -0.4 is 10.6 Å². The first-order valence-electron chi connectivity index (χ1n) is 13.5. The van der Waals surface area contributed by atoms with Crippen LogP contribution in [0.2, 0.25) is 0 Å². The molecule has 0 bridgehead atoms. The van der Waals surface area contributed by atoms with Gasteiger partial charge in [-0.05, 0) is 60.8 Å². The van der Waals surface area contributed by atoms with Crippen molar-refractivity contribution < 1.29 is 14.3 Å². The maximum absolute atomic E-state index is 13.1. The second-order valence-corrected chi connectivity index (χ2v) is 10.6. The Hall–Kier alpha value is -3.24. The van der Waals surface area contributed by atoms with Crippen molar-refractivity contribution in [1.29, 1.82) is 0 Å². The van der Waals surface area contributed by atoms with E-state index >= 15 is 0 Å². The molecule has 37 heavy (non-hydrogen) atoms. The number of carbonyl (C=O) groups excluding carboxylic acids is 2. The van der Waals surface area contributed by atoms with E-state index in [9.17, 15) is 9.59 Å². The number of hydrogen-bond donors (Lipinski definition) is 2. The lowest BCUT2D eigenvalue weighted by atomic mass is 9.69. The van der Waals surface area contributed by atoms with Crippen molar-refractivity contribution in [1.82, 2.24) is 5.32 Å². The molecule has 7 nitrogen and oxygen atoms in total. The van der Waals surface area contributed by atoms with Crippen LogP contribution in [0.25, 0.3) is 10.4 Å². The van der Waals surface area contributed by atoms with Gasteiger partial charge in [0.05, 0.1) is 0 Å². The van der Waals surface area contributed by atoms with E-state index in [-0.39, 0.29) is 23.1 Å². The van der Waals surface area contributed by atoms with Crippen molar-refractivity contribution in [3.05, 3.63) is 58.7 Å². The molecule has 196 valence electrons. The number of nitrogens with one attached hydrogen (secondary N) is 2. The quantitative estimate of drug-likeness (QED) is 0.442. The van der Waals surface area contributed by atoms with E-state index in [2.05, 4.69) is 52.5 Å². The molecule has 2 amide bonds. The molecular weight excluding hydrogens is 464 g/mol. The normalized spacial score (nSPS) is 20.2. The SMILES string of the molecule is [C-]#[N+]C1=CCC(C(=O)Nc2ccc(C3(CNC(C)=O)CCOCC3)cc2C2=CCC(CC)(CC)CC2)=N1. The van der Waals surface area contributed by atoms with Gasteiger partial charge in [0, 0.05) is 49.8 Å². The number of rotatable bonds is 8. The minimum absolute atomic E-state index is 0.0369. The number of nitrogens with zero attached hydrogens (tertiary/aromatic N) is 2. The van der Waals surface area contributed by atoms with E-state index in [0.29, 0.717) is 37.3 Å². The van der Waals surface area contributed by atoms with E-state index in [1.165, 1.54) is 5.57 Å². The predicted molar refractivity (Wildman–Crippen MR) is 147 cm³/mol. The highest BCUT2D eigenvalue weighted by molar-refractivity contribution is 6.44. The topological polar surface area (TPSA) is 84.2 Å². The van der Waals surface area contributed by atoms with E-state index in [4.69, 9.17) is 11.3 Å². The number of hydrogen-bond acceptors (Lipinski definition) is 4. The van der Waals surface area contributed by atoms with Gasteiger partial charge in [0.15, 0.2) is 5.71 Å². The number of aliphatic imine (C=N–C) groups is 1. The van der Waals surface area contributed by atoms with Gasteiger partial charge in [-0.2, -0.15) is 0 Å². The van der Waals surface area contributed by atoms with Crippen molar-refractivity contribution in [2.24, 2.45) is 10.4 Å². The van der Waals surface area contributed by atoms with Crippen molar-refractivity contribution in [3.63, 3.8) is 0 Å². The monoisotopic (exact) mass is 502 g/mol. The third kappa shape index (κ3) is 5.86. The summed E-state index contributed by atoms with van der Waals surface area (Å²) in [5.74, 6) is -0.0356. The minimum Gasteiger partial charge on any atom is -0.381 e. The van der Waals surface area contributed by atoms with Crippen LogP contribution in [0.15, 0.2) is 41.2 Å². The zero-order valence-electron chi connectivity index (χ0n) is 22.3. The Bertz CT molecular complexity index is 1180. The highest BCUT2D eigenvalue weighted by atomic mass is 16.5. The third-order valence-electron chi connectivity index (χ3n) is 8.66. The van der Waals surface area contributed by atoms with E-state index in [1.807, 2.05) is 6.07 Å². The van der Waals surface area contributed by atoms with Crippen molar-refractivity contribution in [3.8, 4) is 0 Å². The number of carbonyl (C=O) groups is 2. The summed E-state index contributed by atoms with van der Waals surface area (Å²) < 4.78 is 5.68. The Kier molecular flexibility index (Phi) is 8.29. The van der Waals surface area contributed by atoms with Crippen molar-refractivity contribution >= 4 is 28.8 Å². The first-order chi connectivity index (χ1) is 17.8. The fraction of sp³-hybridized carbons (Fsp3) is 0.533. The maximum Gasteiger partial charge on any atom is 0.293 e. The number of ether oxygens (including phenoxy) is 1. The van der Waals surface area contributed by atoms with Crippen molar-refractivity contribution in [2.75, 3.05) is 25.1 Å². The van der Waals surface area contributed by atoms with Crippen LogP contribution in [0.5, 0.6) is 0 Å². The standard InChI is InChI=1S/C30H38N4O3/c1-5-29(6-2)13-11-22(12-14-29)24-19-23(30(20-32-21(3)35)15-17-37-18-16-30)7-8-25(24)34-28(36)26-9-10-27(31-4)33-26/h7-8,10-11,19H,5-6,9,12-18,20H2,1-3H3,(H,32,35)(H,34,36). The molecule has 0 unspecified atom stereocenters. The zero-order chi connectivity index (χ0) is 26.5. The van der Waals surface area contributed by atoms with E-state index in [1.54, 1.807) is 13.0 Å². The van der Waals surface area contributed by atoms with Crippen LogP contribution in [0.1, 0.15) is 83.3 Å². The summed E-state index contributed by atoms with van der Waals surface area (Å²) in [5.41, 5.74) is 4.72. The summed E-state index contributed by atoms with van der Waals surface area (Å²) in [6.45, 7) is 15.1. The molecule has 0 radical (unpaired) electrons. The summed E-state index contributed by atoms with van der Waals surface area (Å²) in [6, 6.07) is 6.30. The smallest absolute Gasteiger partial charge is 0.293 e. The maximum atomic E-state index is 13.1. The second-order valence-electron chi connectivity index (χ2n) is 10.6. The summed E-state index contributed by atoms with van der Waals surface area (Å²) in [5, 5.41) is 6.14. The summed E-state index contributed by atoms with van der Waals surface area (Å²) in [7, 11) is 0. The molecule has 1 aromatic carbocycles. The Balaban J connectivity index is 1.71. The van der Waals surface area contributed by atoms with Gasteiger partial charge in [0.25, 0.3) is 11.7 Å². The number of allylic oxidation sites excluding steroid dienone is 3. The first kappa shape index (κ1) is 26.8. The van der Waals surface area contributed by atoms with E-state index < -0.39 is 0 Å². The predicted octanol–water partition coefficient (Wildman–Crippen LogP) is 5.79. The molecule has 2 N–H and O–H groups in total. The molecule has 0 aromatic heterocycles. The fourth-order valence-electron chi connectivity index (χ4n) is 5.78. The highest BCUT2D eigenvalue weighted by Crippen LogP contribution is 2.46. The lowest BCUT2D eigenvalue weighted by Gasteiger charge is -2.39. The summed E-state index contributed by atoms with van der Waals surface area (Å²) in [6.07, 6.45) is 11.5. The molecule has 0 spiro atoms. The van der Waals surface area contributed by atoms with Gasteiger partial charge in [-0.25, -0.2) is 0 Å². The average molecular weight is 503 g/mol. The largest absolute Gasteiger partial charge is 0.381 e. The van der Waals surface area contributed by atoms with Gasteiger partial charge in [-0.3, -0.25) is 9.59 Å².